The van der Waals surface area contributed by atoms with E-state index in [0.717, 1.165) is 47.0 Å². The van der Waals surface area contributed by atoms with Crippen LogP contribution in [-0.2, 0) is 22.4 Å². The Hall–Kier alpha value is -4.28. The van der Waals surface area contributed by atoms with E-state index in [1.165, 1.54) is 22.3 Å². The predicted molar refractivity (Wildman–Crippen MR) is 182 cm³/mol. The fourth-order valence-electron chi connectivity index (χ4n) is 4.65. The number of hydrogen-bond acceptors (Lipinski definition) is 8. The third-order valence-corrected chi connectivity index (χ3v) is 9.13. The van der Waals surface area contributed by atoms with Gasteiger partial charge in [-0.05, 0) is 95.8 Å². The molecule has 0 heterocycles. The molecule has 46 heavy (non-hydrogen) atoms. The van der Waals surface area contributed by atoms with Gasteiger partial charge in [0.1, 0.15) is 0 Å². The molecule has 10 heteroatoms. The van der Waals surface area contributed by atoms with Crippen LogP contribution in [0.5, 0.6) is 23.0 Å². The summed E-state index contributed by atoms with van der Waals surface area (Å²) in [5.74, 6) is 1.75. The zero-order valence-electron chi connectivity index (χ0n) is 25.9. The van der Waals surface area contributed by atoms with Crippen LogP contribution in [0, 0.1) is 0 Å². The lowest BCUT2D eigenvalue weighted by Crippen LogP contribution is -2.10. The lowest BCUT2D eigenvalue weighted by Gasteiger charge is -2.11. The largest absolute Gasteiger partial charge is 0.493 e. The first kappa shape index (κ1) is 34.6. The van der Waals surface area contributed by atoms with Gasteiger partial charge >= 0.3 is 11.9 Å². The van der Waals surface area contributed by atoms with E-state index in [2.05, 4.69) is 48.5 Å². The monoisotopic (exact) mass is 662 g/mol. The van der Waals surface area contributed by atoms with Crippen molar-refractivity contribution in [2.45, 2.75) is 35.5 Å². The summed E-state index contributed by atoms with van der Waals surface area (Å²) in [7, 11) is 3.09. The van der Waals surface area contributed by atoms with Crippen molar-refractivity contribution in [1.29, 1.82) is 0 Å². The molecule has 0 aliphatic carbocycles. The first-order valence-electron chi connectivity index (χ1n) is 14.8. The highest BCUT2D eigenvalue weighted by molar-refractivity contribution is 7.99. The van der Waals surface area contributed by atoms with Gasteiger partial charge in [0.2, 0.25) is 0 Å². The zero-order valence-corrected chi connectivity index (χ0v) is 27.5. The normalized spacial score (nSPS) is 10.7. The van der Waals surface area contributed by atoms with Crippen LogP contribution < -0.4 is 18.9 Å². The quantitative estimate of drug-likeness (QED) is 0.0764. The maximum absolute atomic E-state index is 10.8. The zero-order chi connectivity index (χ0) is 32.7. The Morgan fingerprint density at radius 1 is 0.565 bits per heavy atom. The molecule has 0 aromatic heterocycles. The summed E-state index contributed by atoms with van der Waals surface area (Å²) in [5, 5.41) is 17.6. The Morgan fingerprint density at radius 3 is 1.30 bits per heavy atom. The average Bonchev–Trinajstić information content (AvgIpc) is 3.07. The van der Waals surface area contributed by atoms with E-state index < -0.39 is 25.2 Å². The Balaban J connectivity index is 1.18. The van der Waals surface area contributed by atoms with Crippen LogP contribution in [0.2, 0.25) is 0 Å². The van der Waals surface area contributed by atoms with Crippen molar-refractivity contribution in [2.75, 3.05) is 38.9 Å². The molecular weight excluding hydrogens is 625 g/mol. The number of benzene rings is 4. The van der Waals surface area contributed by atoms with Gasteiger partial charge in [0.15, 0.2) is 36.2 Å². The molecule has 242 valence electrons. The van der Waals surface area contributed by atoms with E-state index in [-0.39, 0.29) is 0 Å². The molecule has 0 spiro atoms. The van der Waals surface area contributed by atoms with Crippen LogP contribution in [0.1, 0.15) is 24.0 Å². The molecule has 2 N–H and O–H groups in total. The summed E-state index contributed by atoms with van der Waals surface area (Å²) in [5.41, 5.74) is 4.99. The van der Waals surface area contributed by atoms with Crippen LogP contribution in [0.4, 0.5) is 0 Å². The average molecular weight is 663 g/mol. The number of aryl methyl sites for hydroxylation is 2. The van der Waals surface area contributed by atoms with Crippen LogP contribution in [0.15, 0.2) is 94.7 Å². The first-order valence-corrected chi connectivity index (χ1v) is 16.8. The summed E-state index contributed by atoms with van der Waals surface area (Å²) in [6, 6.07) is 28.6. The summed E-state index contributed by atoms with van der Waals surface area (Å²) >= 11 is 3.47. The smallest absolute Gasteiger partial charge is 0.341 e. The third kappa shape index (κ3) is 11.0. The van der Waals surface area contributed by atoms with Gasteiger partial charge in [-0.15, -0.1) is 23.5 Å². The maximum Gasteiger partial charge on any atom is 0.341 e. The fraction of sp³-hybridized carbons (Fsp3) is 0.278. The lowest BCUT2D eigenvalue weighted by molar-refractivity contribution is -0.140. The highest BCUT2D eigenvalue weighted by Gasteiger charge is 2.10. The van der Waals surface area contributed by atoms with Crippen molar-refractivity contribution < 1.29 is 38.7 Å². The Bertz CT molecular complexity index is 1450. The first-order chi connectivity index (χ1) is 22.3. The van der Waals surface area contributed by atoms with Crippen LogP contribution in [0.3, 0.4) is 0 Å². The number of methoxy groups -OCH3 is 2. The summed E-state index contributed by atoms with van der Waals surface area (Å²) in [6.45, 7) is -0.807. The molecule has 0 saturated heterocycles. The van der Waals surface area contributed by atoms with Crippen molar-refractivity contribution in [3.05, 3.63) is 96.1 Å². The highest BCUT2D eigenvalue weighted by Crippen LogP contribution is 2.34. The standard InChI is InChI=1S/C36H38O8S2/c1-41-33-21-29(15-17-31(33)43-23-35(37)38)45-19-3-5-25-7-11-27(12-8-25)28-13-9-26(10-14-28)6-4-20-46-30-16-18-32(34(22-30)42-2)44-24-36(39)40/h7-18,21-22H,3-6,19-20,23-24H2,1-2H3,(H,37,38)(H,39,40). The molecule has 0 aliphatic rings. The van der Waals surface area contributed by atoms with Gasteiger partial charge in [-0.2, -0.15) is 0 Å². The molecule has 0 aliphatic heterocycles. The Kier molecular flexibility index (Phi) is 13.5. The summed E-state index contributed by atoms with van der Waals surface area (Å²) in [6.07, 6.45) is 4.01. The number of thioether (sulfide) groups is 2. The second-order valence-corrected chi connectivity index (χ2v) is 12.6. The van der Waals surface area contributed by atoms with Gasteiger partial charge in [0.25, 0.3) is 0 Å². The number of carboxylic acids is 2. The molecule has 8 nitrogen and oxygen atoms in total. The van der Waals surface area contributed by atoms with Gasteiger partial charge < -0.3 is 29.2 Å². The minimum atomic E-state index is -1.03. The maximum atomic E-state index is 10.8. The molecule has 0 bridgehead atoms. The number of rotatable bonds is 19. The Morgan fingerprint density at radius 2 is 0.957 bits per heavy atom. The highest BCUT2D eigenvalue weighted by atomic mass is 32.2. The Labute approximate surface area is 278 Å². The number of carboxylic acid groups (broad SMARTS) is 2. The molecule has 0 saturated carbocycles. The lowest BCUT2D eigenvalue weighted by atomic mass is 10.0. The van der Waals surface area contributed by atoms with Gasteiger partial charge in [-0.3, -0.25) is 0 Å². The van der Waals surface area contributed by atoms with E-state index in [1.807, 2.05) is 24.3 Å². The SMILES string of the molecule is COc1cc(SCCCc2ccc(-c3ccc(CCCSc4ccc(OCC(=O)O)c(OC)c4)cc3)cc2)ccc1OCC(=O)O. The van der Waals surface area contributed by atoms with E-state index in [9.17, 15) is 9.59 Å². The van der Waals surface area contributed by atoms with Crippen molar-refractivity contribution in [3.8, 4) is 34.1 Å². The fourth-order valence-corrected chi connectivity index (χ4v) is 6.41. The van der Waals surface area contributed by atoms with Crippen molar-refractivity contribution in [1.82, 2.24) is 0 Å². The van der Waals surface area contributed by atoms with Gasteiger partial charge in [0.05, 0.1) is 14.2 Å². The molecular formula is C36H38O8S2. The number of ether oxygens (including phenoxy) is 4. The molecule has 4 aromatic rings. The van der Waals surface area contributed by atoms with Crippen LogP contribution in [-0.4, -0.2) is 61.1 Å². The third-order valence-electron chi connectivity index (χ3n) is 6.97. The van der Waals surface area contributed by atoms with Crippen molar-refractivity contribution >= 4 is 35.5 Å². The predicted octanol–water partition coefficient (Wildman–Crippen LogP) is 7.75. The number of carbonyl (C=O) groups is 2. The van der Waals surface area contributed by atoms with Crippen molar-refractivity contribution in [3.63, 3.8) is 0 Å². The topological polar surface area (TPSA) is 112 Å². The van der Waals surface area contributed by atoms with Crippen molar-refractivity contribution in [2.24, 2.45) is 0 Å². The molecule has 0 unspecified atom stereocenters. The summed E-state index contributed by atoms with van der Waals surface area (Å²) in [4.78, 5) is 23.6. The second kappa shape index (κ2) is 18.0. The van der Waals surface area contributed by atoms with Gasteiger partial charge in [-0.25, -0.2) is 9.59 Å². The molecule has 0 atom stereocenters. The molecule has 0 radical (unpaired) electrons. The minimum Gasteiger partial charge on any atom is -0.493 e. The van der Waals surface area contributed by atoms with E-state index in [0.29, 0.717) is 23.0 Å². The van der Waals surface area contributed by atoms with Gasteiger partial charge in [-0.1, -0.05) is 48.5 Å². The minimum absolute atomic E-state index is 0.404. The molecule has 4 aromatic carbocycles. The van der Waals surface area contributed by atoms with E-state index >= 15 is 0 Å². The second-order valence-electron chi connectivity index (χ2n) is 10.3. The molecule has 0 fully saturated rings. The van der Waals surface area contributed by atoms with Crippen LogP contribution in [0.25, 0.3) is 11.1 Å². The molecule has 4 rings (SSSR count). The summed E-state index contributed by atoms with van der Waals surface area (Å²) < 4.78 is 21.3. The van der Waals surface area contributed by atoms with Crippen LogP contribution >= 0.6 is 23.5 Å². The number of aliphatic carboxylic acids is 2. The van der Waals surface area contributed by atoms with E-state index in [4.69, 9.17) is 29.2 Å². The van der Waals surface area contributed by atoms with Gasteiger partial charge in [0, 0.05) is 9.79 Å². The number of hydrogen-bond donors (Lipinski definition) is 2. The van der Waals surface area contributed by atoms with E-state index in [1.54, 1.807) is 49.9 Å². The molecule has 0 amide bonds.